The van der Waals surface area contributed by atoms with Crippen molar-refractivity contribution in [1.29, 1.82) is 0 Å². The van der Waals surface area contributed by atoms with Crippen molar-refractivity contribution < 1.29 is 9.52 Å². The van der Waals surface area contributed by atoms with Crippen LogP contribution in [-0.2, 0) is 6.42 Å². The highest BCUT2D eigenvalue weighted by molar-refractivity contribution is 9.11. The van der Waals surface area contributed by atoms with Gasteiger partial charge in [-0.15, -0.1) is 0 Å². The van der Waals surface area contributed by atoms with Gasteiger partial charge in [-0.05, 0) is 66.2 Å². The van der Waals surface area contributed by atoms with Crippen molar-refractivity contribution in [2.24, 2.45) is 0 Å². The van der Waals surface area contributed by atoms with E-state index in [1.807, 2.05) is 36.4 Å². The first kappa shape index (κ1) is 20.1. The van der Waals surface area contributed by atoms with Crippen LogP contribution < -0.4 is 0 Å². The van der Waals surface area contributed by atoms with Crippen LogP contribution in [0.5, 0.6) is 5.75 Å². The molecule has 1 N–H and O–H groups in total. The molecule has 0 unspecified atom stereocenters. The monoisotopic (exact) mass is 532 g/mol. The first-order valence-electron chi connectivity index (χ1n) is 9.94. The lowest BCUT2D eigenvalue weighted by Gasteiger charge is -2.10. The van der Waals surface area contributed by atoms with Crippen molar-refractivity contribution in [3.05, 3.63) is 111 Å². The maximum absolute atomic E-state index is 10.2. The summed E-state index contributed by atoms with van der Waals surface area (Å²) < 4.78 is 7.61. The van der Waals surface area contributed by atoms with Crippen LogP contribution in [0.1, 0.15) is 11.3 Å². The number of benzene rings is 4. The Labute approximate surface area is 197 Å². The molecule has 0 bridgehead atoms. The minimum absolute atomic E-state index is 0.201. The molecule has 1 heterocycles. The molecule has 4 heteroatoms. The van der Waals surface area contributed by atoms with E-state index in [0.717, 1.165) is 45.4 Å². The lowest BCUT2D eigenvalue weighted by molar-refractivity contribution is 0.469. The fourth-order valence-electron chi connectivity index (χ4n) is 3.90. The fraction of sp³-hybridized carbons (Fsp3) is 0.0370. The molecule has 0 aliphatic carbocycles. The predicted molar refractivity (Wildman–Crippen MR) is 133 cm³/mol. The van der Waals surface area contributed by atoms with Gasteiger partial charge in [0.05, 0.1) is 8.95 Å². The first-order valence-corrected chi connectivity index (χ1v) is 11.5. The van der Waals surface area contributed by atoms with Crippen molar-refractivity contribution in [2.45, 2.75) is 6.42 Å². The summed E-state index contributed by atoms with van der Waals surface area (Å²) >= 11 is 6.87. The normalized spacial score (nSPS) is 11.2. The molecule has 5 rings (SSSR count). The zero-order valence-corrected chi connectivity index (χ0v) is 19.7. The van der Waals surface area contributed by atoms with E-state index in [4.69, 9.17) is 4.42 Å². The molecule has 0 spiro atoms. The third-order valence-corrected chi connectivity index (χ3v) is 6.87. The van der Waals surface area contributed by atoms with E-state index in [-0.39, 0.29) is 5.75 Å². The highest BCUT2D eigenvalue weighted by Crippen LogP contribution is 2.41. The van der Waals surface area contributed by atoms with Gasteiger partial charge in [0.25, 0.3) is 0 Å². The molecular weight excluding hydrogens is 516 g/mol. The Kier molecular flexibility index (Phi) is 5.43. The molecule has 0 aliphatic rings. The zero-order valence-electron chi connectivity index (χ0n) is 16.5. The van der Waals surface area contributed by atoms with Crippen LogP contribution in [0, 0.1) is 0 Å². The molecule has 4 aromatic carbocycles. The van der Waals surface area contributed by atoms with Gasteiger partial charge in [-0.2, -0.15) is 0 Å². The minimum Gasteiger partial charge on any atom is -0.506 e. The van der Waals surface area contributed by atoms with Crippen molar-refractivity contribution >= 4 is 42.8 Å². The van der Waals surface area contributed by atoms with Gasteiger partial charge in [0.1, 0.15) is 17.1 Å². The Balaban J connectivity index is 1.59. The highest BCUT2D eigenvalue weighted by Gasteiger charge is 2.17. The molecule has 2 nitrogen and oxygen atoms in total. The molecule has 0 amide bonds. The summed E-state index contributed by atoms with van der Waals surface area (Å²) in [5.74, 6) is 1.16. The molecule has 5 aromatic rings. The van der Waals surface area contributed by atoms with Gasteiger partial charge in [-0.25, -0.2) is 0 Å². The summed E-state index contributed by atoms with van der Waals surface area (Å²) in [5, 5.41) is 11.4. The van der Waals surface area contributed by atoms with Gasteiger partial charge in [-0.3, -0.25) is 0 Å². The molecule has 0 fully saturated rings. The zero-order chi connectivity index (χ0) is 21.4. The SMILES string of the molecule is Oc1c(Br)ccc(-c2ccc(-c3c(Cc4ccccc4)oc4ccccc34)cc2)c1Br. The lowest BCUT2D eigenvalue weighted by atomic mass is 9.96. The smallest absolute Gasteiger partial charge is 0.144 e. The van der Waals surface area contributed by atoms with E-state index in [1.54, 1.807) is 0 Å². The second-order valence-electron chi connectivity index (χ2n) is 7.39. The number of phenolic OH excluding ortho intramolecular Hbond substituents is 1. The number of hydrogen-bond acceptors (Lipinski definition) is 2. The van der Waals surface area contributed by atoms with E-state index < -0.39 is 0 Å². The van der Waals surface area contributed by atoms with Crippen LogP contribution in [0.2, 0.25) is 0 Å². The maximum Gasteiger partial charge on any atom is 0.144 e. The topological polar surface area (TPSA) is 33.4 Å². The Morgan fingerprint density at radius 1 is 0.710 bits per heavy atom. The molecule has 1 aromatic heterocycles. The average molecular weight is 534 g/mol. The van der Waals surface area contributed by atoms with Gasteiger partial charge < -0.3 is 9.52 Å². The predicted octanol–water partition coefficient (Wildman–Crippen LogP) is 8.59. The Bertz CT molecular complexity index is 1370. The molecule has 0 atom stereocenters. The van der Waals surface area contributed by atoms with Crippen LogP contribution in [0.15, 0.2) is 104 Å². The van der Waals surface area contributed by atoms with Gasteiger partial charge in [0.15, 0.2) is 0 Å². The summed E-state index contributed by atoms with van der Waals surface area (Å²) in [6, 6.07) is 30.8. The summed E-state index contributed by atoms with van der Waals surface area (Å²) in [7, 11) is 0. The number of fused-ring (bicyclic) bond motifs is 1. The Hall–Kier alpha value is -2.82. The summed E-state index contributed by atoms with van der Waals surface area (Å²) in [6.07, 6.45) is 0.735. The summed E-state index contributed by atoms with van der Waals surface area (Å²) in [4.78, 5) is 0. The molecule has 0 saturated heterocycles. The summed E-state index contributed by atoms with van der Waals surface area (Å²) in [5.41, 5.74) is 6.31. The number of hydrogen-bond donors (Lipinski definition) is 1. The lowest BCUT2D eigenvalue weighted by Crippen LogP contribution is -1.89. The van der Waals surface area contributed by atoms with Crippen LogP contribution >= 0.6 is 31.9 Å². The molecular formula is C27H18Br2O2. The van der Waals surface area contributed by atoms with Crippen LogP contribution in [0.3, 0.4) is 0 Å². The number of halogens is 2. The van der Waals surface area contributed by atoms with Crippen LogP contribution in [0.4, 0.5) is 0 Å². The average Bonchev–Trinajstić information content (AvgIpc) is 3.16. The molecule has 152 valence electrons. The largest absolute Gasteiger partial charge is 0.506 e. The van der Waals surface area contributed by atoms with Gasteiger partial charge >= 0.3 is 0 Å². The Morgan fingerprint density at radius 2 is 1.39 bits per heavy atom. The van der Waals surface area contributed by atoms with Crippen molar-refractivity contribution in [3.63, 3.8) is 0 Å². The second-order valence-corrected chi connectivity index (χ2v) is 9.04. The fourth-order valence-corrected chi connectivity index (χ4v) is 5.07. The highest BCUT2D eigenvalue weighted by atomic mass is 79.9. The van der Waals surface area contributed by atoms with E-state index in [0.29, 0.717) is 8.95 Å². The van der Waals surface area contributed by atoms with E-state index >= 15 is 0 Å². The number of para-hydroxylation sites is 1. The maximum atomic E-state index is 10.2. The van der Waals surface area contributed by atoms with Gasteiger partial charge in [-0.1, -0.05) is 78.9 Å². The number of rotatable bonds is 4. The van der Waals surface area contributed by atoms with Crippen LogP contribution in [-0.4, -0.2) is 5.11 Å². The quantitative estimate of drug-likeness (QED) is 0.251. The molecule has 0 aliphatic heterocycles. The number of aromatic hydroxyl groups is 1. The minimum atomic E-state index is 0.201. The van der Waals surface area contributed by atoms with E-state index in [2.05, 4.69) is 86.5 Å². The van der Waals surface area contributed by atoms with Crippen LogP contribution in [0.25, 0.3) is 33.2 Å². The van der Waals surface area contributed by atoms with E-state index in [9.17, 15) is 5.11 Å². The second kappa shape index (κ2) is 8.37. The standard InChI is InChI=1S/C27H18Br2O2/c28-22-15-14-20(26(29)27(22)30)18-10-12-19(13-11-18)25-21-8-4-5-9-23(21)31-24(25)16-17-6-2-1-3-7-17/h1-15,30H,16H2. The summed E-state index contributed by atoms with van der Waals surface area (Å²) in [6.45, 7) is 0. The number of furan rings is 1. The first-order chi connectivity index (χ1) is 15.1. The Morgan fingerprint density at radius 3 is 2.16 bits per heavy atom. The molecule has 31 heavy (non-hydrogen) atoms. The van der Waals surface area contributed by atoms with Crippen molar-refractivity contribution in [3.8, 4) is 28.0 Å². The van der Waals surface area contributed by atoms with E-state index in [1.165, 1.54) is 5.56 Å². The van der Waals surface area contributed by atoms with Gasteiger partial charge in [0.2, 0.25) is 0 Å². The number of phenols is 1. The third kappa shape index (κ3) is 3.82. The molecule has 0 radical (unpaired) electrons. The molecule has 0 saturated carbocycles. The van der Waals surface area contributed by atoms with Crippen molar-refractivity contribution in [1.82, 2.24) is 0 Å². The third-order valence-electron chi connectivity index (χ3n) is 5.43. The van der Waals surface area contributed by atoms with Gasteiger partial charge in [0, 0.05) is 17.4 Å². The van der Waals surface area contributed by atoms with Crippen molar-refractivity contribution in [2.75, 3.05) is 0 Å².